The first-order chi connectivity index (χ1) is 14.5. The molecule has 1 saturated heterocycles. The van der Waals surface area contributed by atoms with Crippen LogP contribution in [-0.4, -0.2) is 58.6 Å². The first-order valence-electron chi connectivity index (χ1n) is 10.3. The third kappa shape index (κ3) is 4.21. The van der Waals surface area contributed by atoms with Gasteiger partial charge < -0.3 is 19.7 Å². The van der Waals surface area contributed by atoms with Gasteiger partial charge in [0.2, 0.25) is 0 Å². The predicted molar refractivity (Wildman–Crippen MR) is 118 cm³/mol. The molecule has 30 heavy (non-hydrogen) atoms. The monoisotopic (exact) mass is 404 g/mol. The van der Waals surface area contributed by atoms with Crippen LogP contribution in [0, 0.1) is 13.8 Å². The Balaban J connectivity index is 1.40. The van der Waals surface area contributed by atoms with E-state index >= 15 is 0 Å². The second-order valence-electron chi connectivity index (χ2n) is 7.81. The maximum absolute atomic E-state index is 12.8. The molecule has 156 valence electrons. The zero-order chi connectivity index (χ0) is 21.1. The molecule has 0 bridgehead atoms. The van der Waals surface area contributed by atoms with E-state index in [1.54, 1.807) is 6.20 Å². The molecular formula is C23H28N6O. The van der Waals surface area contributed by atoms with Crippen LogP contribution in [-0.2, 0) is 6.54 Å². The first-order valence-corrected chi connectivity index (χ1v) is 10.3. The number of nitrogens with zero attached hydrogens (tertiary/aromatic N) is 5. The lowest BCUT2D eigenvalue weighted by molar-refractivity contribution is 0.0950. The van der Waals surface area contributed by atoms with E-state index < -0.39 is 0 Å². The fourth-order valence-corrected chi connectivity index (χ4v) is 3.85. The molecule has 3 aromatic heterocycles. The molecule has 1 N–H and O–H groups in total. The SMILES string of the molecule is Cc1cc(C(=O)NCc2ccc(N3CCN(C)CC3)nc2)c(C)n1-c1ccccn1. The number of piperazine rings is 1. The summed E-state index contributed by atoms with van der Waals surface area (Å²) in [7, 11) is 2.14. The van der Waals surface area contributed by atoms with Crippen molar-refractivity contribution in [3.63, 3.8) is 0 Å². The number of hydrogen-bond donors (Lipinski definition) is 1. The van der Waals surface area contributed by atoms with Crippen LogP contribution < -0.4 is 10.2 Å². The summed E-state index contributed by atoms with van der Waals surface area (Å²) in [5, 5.41) is 3.02. The van der Waals surface area contributed by atoms with E-state index in [0.717, 1.165) is 54.8 Å². The van der Waals surface area contributed by atoms with E-state index in [-0.39, 0.29) is 5.91 Å². The van der Waals surface area contributed by atoms with Crippen LogP contribution in [0.5, 0.6) is 0 Å². The van der Waals surface area contributed by atoms with E-state index in [1.807, 2.05) is 61.0 Å². The van der Waals surface area contributed by atoms with E-state index in [9.17, 15) is 4.79 Å². The summed E-state index contributed by atoms with van der Waals surface area (Å²) >= 11 is 0. The molecular weight excluding hydrogens is 376 g/mol. The highest BCUT2D eigenvalue weighted by molar-refractivity contribution is 5.95. The molecule has 7 nitrogen and oxygen atoms in total. The molecule has 0 radical (unpaired) electrons. The summed E-state index contributed by atoms with van der Waals surface area (Å²) in [5.74, 6) is 1.72. The van der Waals surface area contributed by atoms with Crippen LogP contribution in [0.25, 0.3) is 5.82 Å². The number of nitrogens with one attached hydrogen (secondary N) is 1. The molecule has 1 aliphatic rings. The van der Waals surface area contributed by atoms with E-state index in [2.05, 4.69) is 32.1 Å². The quantitative estimate of drug-likeness (QED) is 0.708. The lowest BCUT2D eigenvalue weighted by atomic mass is 10.2. The van der Waals surface area contributed by atoms with Crippen molar-refractivity contribution in [2.75, 3.05) is 38.1 Å². The largest absolute Gasteiger partial charge is 0.354 e. The molecule has 1 aliphatic heterocycles. The molecule has 0 saturated carbocycles. The number of aromatic nitrogens is 3. The van der Waals surface area contributed by atoms with Gasteiger partial charge in [0.15, 0.2) is 0 Å². The topological polar surface area (TPSA) is 66.3 Å². The number of pyridine rings is 2. The van der Waals surface area contributed by atoms with Gasteiger partial charge in [-0.1, -0.05) is 12.1 Å². The smallest absolute Gasteiger partial charge is 0.253 e. The minimum Gasteiger partial charge on any atom is -0.354 e. The summed E-state index contributed by atoms with van der Waals surface area (Å²) in [6.07, 6.45) is 3.61. The summed E-state index contributed by atoms with van der Waals surface area (Å²) < 4.78 is 2.00. The summed E-state index contributed by atoms with van der Waals surface area (Å²) in [6, 6.07) is 11.8. The fourth-order valence-electron chi connectivity index (χ4n) is 3.85. The Bertz CT molecular complexity index is 1000. The Morgan fingerprint density at radius 2 is 1.83 bits per heavy atom. The van der Waals surface area contributed by atoms with Crippen molar-refractivity contribution >= 4 is 11.7 Å². The van der Waals surface area contributed by atoms with Crippen LogP contribution in [0.1, 0.15) is 27.3 Å². The maximum Gasteiger partial charge on any atom is 0.253 e. The van der Waals surface area contributed by atoms with Gasteiger partial charge in [0.25, 0.3) is 5.91 Å². The molecule has 0 spiro atoms. The van der Waals surface area contributed by atoms with Crippen molar-refractivity contribution in [1.82, 2.24) is 24.8 Å². The molecule has 4 heterocycles. The molecule has 4 rings (SSSR count). The van der Waals surface area contributed by atoms with Crippen LogP contribution >= 0.6 is 0 Å². The predicted octanol–water partition coefficient (Wildman–Crippen LogP) is 2.57. The van der Waals surface area contributed by atoms with Gasteiger partial charge in [-0.15, -0.1) is 0 Å². The van der Waals surface area contributed by atoms with Gasteiger partial charge in [-0.05, 0) is 50.7 Å². The number of carbonyl (C=O) groups excluding carboxylic acids is 1. The van der Waals surface area contributed by atoms with E-state index in [0.29, 0.717) is 12.1 Å². The van der Waals surface area contributed by atoms with Gasteiger partial charge in [-0.2, -0.15) is 0 Å². The van der Waals surface area contributed by atoms with Crippen molar-refractivity contribution in [3.8, 4) is 5.82 Å². The maximum atomic E-state index is 12.8. The number of carbonyl (C=O) groups is 1. The highest BCUT2D eigenvalue weighted by atomic mass is 16.1. The normalized spacial score (nSPS) is 14.7. The molecule has 7 heteroatoms. The van der Waals surface area contributed by atoms with Crippen molar-refractivity contribution in [1.29, 1.82) is 0 Å². The summed E-state index contributed by atoms with van der Waals surface area (Å²) in [4.78, 5) is 26.4. The zero-order valence-corrected chi connectivity index (χ0v) is 17.8. The third-order valence-corrected chi connectivity index (χ3v) is 5.64. The van der Waals surface area contributed by atoms with Gasteiger partial charge in [-0.25, -0.2) is 9.97 Å². The molecule has 1 amide bonds. The fraction of sp³-hybridized carbons (Fsp3) is 0.348. The molecule has 1 fully saturated rings. The second-order valence-corrected chi connectivity index (χ2v) is 7.81. The molecule has 3 aromatic rings. The lowest BCUT2D eigenvalue weighted by Gasteiger charge is -2.33. The number of rotatable bonds is 5. The van der Waals surface area contributed by atoms with Gasteiger partial charge in [-0.3, -0.25) is 4.79 Å². The van der Waals surface area contributed by atoms with Gasteiger partial charge >= 0.3 is 0 Å². The Morgan fingerprint density at radius 3 is 2.50 bits per heavy atom. The number of anilines is 1. The number of aryl methyl sites for hydroxylation is 1. The molecule has 0 unspecified atom stereocenters. The highest BCUT2D eigenvalue weighted by Crippen LogP contribution is 2.19. The second kappa shape index (κ2) is 8.67. The third-order valence-electron chi connectivity index (χ3n) is 5.64. The van der Waals surface area contributed by atoms with Crippen molar-refractivity contribution in [2.24, 2.45) is 0 Å². The zero-order valence-electron chi connectivity index (χ0n) is 17.8. The van der Waals surface area contributed by atoms with Gasteiger partial charge in [0.1, 0.15) is 11.6 Å². The molecule has 0 aliphatic carbocycles. The van der Waals surface area contributed by atoms with Crippen molar-refractivity contribution < 1.29 is 4.79 Å². The highest BCUT2D eigenvalue weighted by Gasteiger charge is 2.18. The van der Waals surface area contributed by atoms with Crippen LogP contribution in [0.2, 0.25) is 0 Å². The van der Waals surface area contributed by atoms with Crippen molar-refractivity contribution in [3.05, 3.63) is 71.3 Å². The minimum atomic E-state index is -0.0894. The Kier molecular flexibility index (Phi) is 5.81. The van der Waals surface area contributed by atoms with Crippen LogP contribution in [0.15, 0.2) is 48.8 Å². The Hall–Kier alpha value is -3.19. The summed E-state index contributed by atoms with van der Waals surface area (Å²) in [5.41, 5.74) is 3.52. The average Bonchev–Trinajstić information content (AvgIpc) is 3.07. The lowest BCUT2D eigenvalue weighted by Crippen LogP contribution is -2.44. The van der Waals surface area contributed by atoms with Crippen LogP contribution in [0.3, 0.4) is 0 Å². The van der Waals surface area contributed by atoms with E-state index in [4.69, 9.17) is 0 Å². The van der Waals surface area contributed by atoms with Gasteiger partial charge in [0, 0.05) is 56.5 Å². The number of amides is 1. The number of hydrogen-bond acceptors (Lipinski definition) is 5. The first kappa shape index (κ1) is 20.1. The van der Waals surface area contributed by atoms with Crippen LogP contribution in [0.4, 0.5) is 5.82 Å². The average molecular weight is 405 g/mol. The Morgan fingerprint density at radius 1 is 1.03 bits per heavy atom. The minimum absolute atomic E-state index is 0.0894. The van der Waals surface area contributed by atoms with Crippen molar-refractivity contribution in [2.45, 2.75) is 20.4 Å². The summed E-state index contributed by atoms with van der Waals surface area (Å²) in [6.45, 7) is 8.47. The molecule has 0 atom stereocenters. The standard InChI is InChI=1S/C23H28N6O/c1-17-14-20(18(2)29(17)22-6-4-5-9-24-22)23(30)26-16-19-7-8-21(25-15-19)28-12-10-27(3)11-13-28/h4-9,14-15H,10-13,16H2,1-3H3,(H,26,30). The Labute approximate surface area is 177 Å². The molecule has 0 aromatic carbocycles. The number of likely N-dealkylation sites (N-methyl/N-ethyl adjacent to an activating group) is 1. The van der Waals surface area contributed by atoms with E-state index in [1.165, 1.54) is 0 Å². The van der Waals surface area contributed by atoms with Gasteiger partial charge in [0.05, 0.1) is 5.56 Å².